The molecule has 0 saturated carbocycles. The minimum absolute atomic E-state index is 0.249. The van der Waals surface area contributed by atoms with Crippen LogP contribution in [0.5, 0.6) is 0 Å². The van der Waals surface area contributed by atoms with Gasteiger partial charge in [-0.25, -0.2) is 4.79 Å². The molecule has 0 radical (unpaired) electrons. The first-order valence-electron chi connectivity index (χ1n) is 6.67. The zero-order valence-electron chi connectivity index (χ0n) is 11.8. The summed E-state index contributed by atoms with van der Waals surface area (Å²) in [5.74, 6) is 5.71. The average molecular weight is 316 g/mol. The Morgan fingerprint density at radius 3 is 2.73 bits per heavy atom. The van der Waals surface area contributed by atoms with E-state index in [1.54, 1.807) is 12.1 Å². The zero-order chi connectivity index (χ0) is 15.6. The number of nitrogens with one attached hydrogen (secondary N) is 1. The molecule has 5 nitrogen and oxygen atoms in total. The molecular formula is C16H14ClN3O2. The molecule has 2 rings (SSSR count). The number of rotatable bonds is 4. The molecule has 0 spiro atoms. The summed E-state index contributed by atoms with van der Waals surface area (Å²) in [5.41, 5.74) is 1.48. The summed E-state index contributed by atoms with van der Waals surface area (Å²) >= 11 is 5.62. The molecule has 1 N–H and O–H groups in total. The number of nitrogens with zero attached hydrogens (tertiary/aromatic N) is 2. The third-order valence-corrected chi connectivity index (χ3v) is 2.78. The van der Waals surface area contributed by atoms with Crippen LogP contribution in [0.4, 0.5) is 4.79 Å². The van der Waals surface area contributed by atoms with Crippen LogP contribution in [0.1, 0.15) is 17.7 Å². The molecule has 0 aliphatic rings. The van der Waals surface area contributed by atoms with Gasteiger partial charge < -0.3 is 10.1 Å². The van der Waals surface area contributed by atoms with Gasteiger partial charge in [-0.1, -0.05) is 47.9 Å². The summed E-state index contributed by atoms with van der Waals surface area (Å²) < 4.78 is 5.07. The fourth-order valence-corrected chi connectivity index (χ4v) is 1.64. The molecule has 112 valence electrons. The molecule has 1 amide bonds. The van der Waals surface area contributed by atoms with E-state index in [1.165, 1.54) is 0 Å². The minimum Gasteiger partial charge on any atom is -0.445 e. The Bertz CT molecular complexity index is 663. The Morgan fingerprint density at radius 2 is 2.00 bits per heavy atom. The first kappa shape index (κ1) is 15.8. The highest BCUT2D eigenvalue weighted by molar-refractivity contribution is 6.29. The van der Waals surface area contributed by atoms with Gasteiger partial charge in [-0.15, -0.1) is 10.2 Å². The van der Waals surface area contributed by atoms with Crippen molar-refractivity contribution in [2.45, 2.75) is 13.0 Å². The van der Waals surface area contributed by atoms with Crippen LogP contribution in [0, 0.1) is 11.8 Å². The maximum atomic E-state index is 11.5. The zero-order valence-corrected chi connectivity index (χ0v) is 12.5. The maximum absolute atomic E-state index is 11.5. The molecule has 0 aliphatic carbocycles. The van der Waals surface area contributed by atoms with Gasteiger partial charge in [-0.05, 0) is 23.6 Å². The lowest BCUT2D eigenvalue weighted by Crippen LogP contribution is -2.24. The lowest BCUT2D eigenvalue weighted by molar-refractivity contribution is 0.140. The quantitative estimate of drug-likeness (QED) is 0.696. The summed E-state index contributed by atoms with van der Waals surface area (Å²) in [6, 6.07) is 12.8. The van der Waals surface area contributed by atoms with Gasteiger partial charge in [0.2, 0.25) is 0 Å². The van der Waals surface area contributed by atoms with Crippen molar-refractivity contribution in [3.63, 3.8) is 0 Å². The van der Waals surface area contributed by atoms with Crippen LogP contribution in [-0.4, -0.2) is 22.8 Å². The van der Waals surface area contributed by atoms with Crippen LogP contribution in [-0.2, 0) is 11.3 Å². The van der Waals surface area contributed by atoms with Crippen LogP contribution in [0.2, 0.25) is 5.15 Å². The monoisotopic (exact) mass is 315 g/mol. The van der Waals surface area contributed by atoms with E-state index in [1.807, 2.05) is 30.3 Å². The molecule has 0 aliphatic heterocycles. The second-order valence-corrected chi connectivity index (χ2v) is 4.67. The summed E-state index contributed by atoms with van der Waals surface area (Å²) in [6.45, 7) is 0.653. The van der Waals surface area contributed by atoms with E-state index in [0.29, 0.717) is 23.8 Å². The van der Waals surface area contributed by atoms with Crippen LogP contribution in [0.25, 0.3) is 0 Å². The third kappa shape index (κ3) is 5.81. The predicted molar refractivity (Wildman–Crippen MR) is 83.2 cm³/mol. The summed E-state index contributed by atoms with van der Waals surface area (Å²) in [5, 5.41) is 10.4. The Labute approximate surface area is 133 Å². The van der Waals surface area contributed by atoms with Gasteiger partial charge in [0.1, 0.15) is 12.3 Å². The summed E-state index contributed by atoms with van der Waals surface area (Å²) in [6.07, 6.45) is 0.0296. The largest absolute Gasteiger partial charge is 0.445 e. The molecule has 22 heavy (non-hydrogen) atoms. The van der Waals surface area contributed by atoms with Crippen LogP contribution in [0.3, 0.4) is 0 Å². The highest BCUT2D eigenvalue weighted by Crippen LogP contribution is 2.01. The topological polar surface area (TPSA) is 64.1 Å². The molecule has 0 unspecified atom stereocenters. The van der Waals surface area contributed by atoms with Crippen molar-refractivity contribution in [3.05, 3.63) is 58.9 Å². The Morgan fingerprint density at radius 1 is 1.18 bits per heavy atom. The molecule has 0 atom stereocenters. The van der Waals surface area contributed by atoms with Gasteiger partial charge in [-0.3, -0.25) is 0 Å². The molecule has 1 heterocycles. The van der Waals surface area contributed by atoms with E-state index >= 15 is 0 Å². The lowest BCUT2D eigenvalue weighted by Gasteiger charge is -2.05. The van der Waals surface area contributed by atoms with Crippen LogP contribution in [0.15, 0.2) is 42.5 Å². The summed E-state index contributed by atoms with van der Waals surface area (Å²) in [7, 11) is 0. The second-order valence-electron chi connectivity index (χ2n) is 4.28. The van der Waals surface area contributed by atoms with Crippen LogP contribution >= 0.6 is 11.6 Å². The van der Waals surface area contributed by atoms with Crippen molar-refractivity contribution in [1.82, 2.24) is 15.5 Å². The van der Waals surface area contributed by atoms with E-state index in [9.17, 15) is 4.79 Å². The molecule has 6 heteroatoms. The van der Waals surface area contributed by atoms with Gasteiger partial charge >= 0.3 is 6.09 Å². The normalized spacial score (nSPS) is 9.50. The van der Waals surface area contributed by atoms with E-state index in [-0.39, 0.29) is 6.61 Å². The molecule has 0 fully saturated rings. The first-order valence-corrected chi connectivity index (χ1v) is 7.04. The molecule has 2 aromatic rings. The van der Waals surface area contributed by atoms with Gasteiger partial charge in [0.05, 0.1) is 0 Å². The number of hydrogen-bond acceptors (Lipinski definition) is 4. The highest BCUT2D eigenvalue weighted by Gasteiger charge is 2.00. The average Bonchev–Trinajstić information content (AvgIpc) is 2.55. The highest BCUT2D eigenvalue weighted by atomic mass is 35.5. The molecular weight excluding hydrogens is 302 g/mol. The number of halogens is 1. The SMILES string of the molecule is O=C(NCCC#Cc1ccc(Cl)nn1)OCc1ccccc1. The fourth-order valence-electron chi connectivity index (χ4n) is 1.54. The standard InChI is InChI=1S/C16H14ClN3O2/c17-15-10-9-14(19-20-15)8-4-5-11-18-16(21)22-12-13-6-2-1-3-7-13/h1-3,6-7,9-10H,5,11-12H2,(H,18,21). The van der Waals surface area contributed by atoms with E-state index in [4.69, 9.17) is 16.3 Å². The first-order chi connectivity index (χ1) is 10.7. The van der Waals surface area contributed by atoms with Crippen molar-refractivity contribution in [2.24, 2.45) is 0 Å². The van der Waals surface area contributed by atoms with Crippen molar-refractivity contribution in [2.75, 3.05) is 6.54 Å². The minimum atomic E-state index is -0.461. The second kappa shape index (κ2) is 8.65. The number of carbonyl (C=O) groups is 1. The Kier molecular flexibility index (Phi) is 6.21. The smallest absolute Gasteiger partial charge is 0.407 e. The van der Waals surface area contributed by atoms with E-state index in [2.05, 4.69) is 27.4 Å². The Hall–Kier alpha value is -2.58. The van der Waals surface area contributed by atoms with Crippen molar-refractivity contribution >= 4 is 17.7 Å². The predicted octanol–water partition coefficient (Wildman–Crippen LogP) is 2.80. The van der Waals surface area contributed by atoms with Crippen molar-refractivity contribution in [3.8, 4) is 11.8 Å². The van der Waals surface area contributed by atoms with Gasteiger partial charge in [0, 0.05) is 13.0 Å². The third-order valence-electron chi connectivity index (χ3n) is 2.58. The number of benzene rings is 1. The number of aromatic nitrogens is 2. The van der Waals surface area contributed by atoms with E-state index in [0.717, 1.165) is 5.56 Å². The number of hydrogen-bond donors (Lipinski definition) is 1. The van der Waals surface area contributed by atoms with Crippen molar-refractivity contribution < 1.29 is 9.53 Å². The lowest BCUT2D eigenvalue weighted by atomic mass is 10.2. The van der Waals surface area contributed by atoms with Gasteiger partial charge in [-0.2, -0.15) is 0 Å². The van der Waals surface area contributed by atoms with E-state index < -0.39 is 6.09 Å². The number of ether oxygens (including phenoxy) is 1. The van der Waals surface area contributed by atoms with Crippen molar-refractivity contribution in [1.29, 1.82) is 0 Å². The van der Waals surface area contributed by atoms with Gasteiger partial charge in [0.15, 0.2) is 5.15 Å². The molecule has 1 aromatic carbocycles. The number of carbonyl (C=O) groups excluding carboxylic acids is 1. The fraction of sp³-hybridized carbons (Fsp3) is 0.188. The van der Waals surface area contributed by atoms with Gasteiger partial charge in [0.25, 0.3) is 0 Å². The molecule has 1 aromatic heterocycles. The maximum Gasteiger partial charge on any atom is 0.407 e. The van der Waals surface area contributed by atoms with Crippen LogP contribution < -0.4 is 5.32 Å². The Balaban J connectivity index is 1.64. The molecule has 0 saturated heterocycles. The number of amides is 1. The molecule has 0 bridgehead atoms. The number of alkyl carbamates (subject to hydrolysis) is 1. The summed E-state index contributed by atoms with van der Waals surface area (Å²) in [4.78, 5) is 11.5.